The van der Waals surface area contributed by atoms with Gasteiger partial charge in [-0.15, -0.1) is 19.7 Å². The van der Waals surface area contributed by atoms with Gasteiger partial charge >= 0.3 is 10.4 Å². The van der Waals surface area contributed by atoms with Gasteiger partial charge in [0.2, 0.25) is 0 Å². The van der Waals surface area contributed by atoms with Crippen LogP contribution in [0.5, 0.6) is 0 Å². The van der Waals surface area contributed by atoms with Crippen molar-refractivity contribution in [3.63, 3.8) is 0 Å². The number of hydrogen-bond donors (Lipinski definition) is 6. The van der Waals surface area contributed by atoms with Gasteiger partial charge in [0, 0.05) is 0 Å². The lowest BCUT2D eigenvalue weighted by Crippen LogP contribution is -2.15. The van der Waals surface area contributed by atoms with Crippen LogP contribution in [0.4, 0.5) is 34.1 Å². The highest BCUT2D eigenvalue weighted by Crippen LogP contribution is 2.43. The molecular formula is C22H24N6O18S6. The number of rotatable bonds is 18. The first-order valence-electron chi connectivity index (χ1n) is 13.0. The highest BCUT2D eigenvalue weighted by Gasteiger charge is 2.25. The number of nitrogen functional groups attached to an aromatic ring is 2. The van der Waals surface area contributed by atoms with E-state index in [1.807, 2.05) is 0 Å². The molecule has 3 aromatic rings. The second-order valence-electron chi connectivity index (χ2n) is 9.46. The SMILES string of the molecule is Nc1c(/N=N/c2ccc(S(=O)(=O)CCOSOOO)cc2S(=O)(=O)O)cc(S(=O)(=O)O)c(N)c1/N=N/c1ccc(S(=O)(=O)CCOS(=O)(=O)O)cc1. The quantitative estimate of drug-likeness (QED) is 0.0204. The fourth-order valence-corrected chi connectivity index (χ4v) is 7.95. The molecule has 3 rings (SSSR count). The molecule has 8 N–H and O–H groups in total. The third-order valence-corrected chi connectivity index (χ3v) is 12.0. The average molecular weight is 853 g/mol. The molecule has 0 heterocycles. The summed E-state index contributed by atoms with van der Waals surface area (Å²) in [5.74, 6) is -1.57. The minimum atomic E-state index is -5.19. The maximum atomic E-state index is 12.6. The highest BCUT2D eigenvalue weighted by atomic mass is 32.3. The summed E-state index contributed by atoms with van der Waals surface area (Å²) in [6.07, 6.45) is 0. The third kappa shape index (κ3) is 11.9. The van der Waals surface area contributed by atoms with Crippen LogP contribution in [0.3, 0.4) is 0 Å². The van der Waals surface area contributed by atoms with E-state index < -0.39 is 118 Å². The van der Waals surface area contributed by atoms with Gasteiger partial charge in [0.25, 0.3) is 20.2 Å². The molecule has 0 saturated heterocycles. The van der Waals surface area contributed by atoms with Crippen molar-refractivity contribution in [2.24, 2.45) is 20.5 Å². The monoisotopic (exact) mass is 852 g/mol. The molecule has 52 heavy (non-hydrogen) atoms. The molecule has 0 aliphatic heterocycles. The number of nitrogens with zero attached hydrogens (tertiary/aromatic N) is 4. The molecule has 0 bridgehead atoms. The van der Waals surface area contributed by atoms with Gasteiger partial charge < -0.3 is 11.5 Å². The lowest BCUT2D eigenvalue weighted by atomic mass is 10.2. The van der Waals surface area contributed by atoms with Crippen LogP contribution in [0.25, 0.3) is 0 Å². The summed E-state index contributed by atoms with van der Waals surface area (Å²) in [6, 6.07) is 7.19. The zero-order valence-electron chi connectivity index (χ0n) is 25.3. The van der Waals surface area contributed by atoms with Gasteiger partial charge in [-0.05, 0) is 48.5 Å². The zero-order valence-corrected chi connectivity index (χ0v) is 30.2. The van der Waals surface area contributed by atoms with Crippen LogP contribution in [0.15, 0.2) is 88.6 Å². The van der Waals surface area contributed by atoms with Crippen LogP contribution in [-0.2, 0) is 68.0 Å². The molecule has 24 nitrogen and oxygen atoms in total. The Morgan fingerprint density at radius 2 is 1.19 bits per heavy atom. The van der Waals surface area contributed by atoms with Crippen LogP contribution in [0, 0.1) is 0 Å². The topological polar surface area (TPSA) is 390 Å². The molecule has 0 unspecified atom stereocenters. The second kappa shape index (κ2) is 16.9. The molecule has 0 atom stereocenters. The molecule has 0 spiro atoms. The lowest BCUT2D eigenvalue weighted by Gasteiger charge is -2.11. The highest BCUT2D eigenvalue weighted by molar-refractivity contribution is 7.92. The Kier molecular flexibility index (Phi) is 13.9. The Bertz CT molecular complexity index is 2420. The van der Waals surface area contributed by atoms with E-state index in [4.69, 9.17) is 21.3 Å². The van der Waals surface area contributed by atoms with Gasteiger partial charge in [-0.25, -0.2) is 26.3 Å². The van der Waals surface area contributed by atoms with E-state index in [0.29, 0.717) is 12.1 Å². The molecule has 30 heteroatoms. The summed E-state index contributed by atoms with van der Waals surface area (Å²) >= 11 is 0.0868. The summed E-state index contributed by atoms with van der Waals surface area (Å²) < 4.78 is 161. The number of benzene rings is 3. The van der Waals surface area contributed by atoms with Crippen LogP contribution < -0.4 is 11.5 Å². The minimum absolute atomic E-state index is 0.0713. The molecule has 0 aromatic heterocycles. The Hall–Kier alpha value is -3.76. The van der Waals surface area contributed by atoms with Gasteiger partial charge in [-0.2, -0.15) is 30.4 Å². The number of hydrogen-bond acceptors (Lipinski definition) is 22. The number of nitrogens with two attached hydrogens (primary N) is 2. The summed E-state index contributed by atoms with van der Waals surface area (Å²) in [7, 11) is -23.5. The first-order valence-corrected chi connectivity index (χ1v) is 21.3. The standard InChI is InChI=1S/C22H24N6O18S6/c23-20-17(27-26-16-6-5-15(11-18(16)50(34,35)36)49(32,33)9-7-43-47-46-45-29)12-19(51(37,38)39)21(24)22(20)28-25-13-1-3-14(4-2-13)48(30,31)10-8-44-52(40,41)42/h1-6,11-12,29H,7-10,23-24H2,(H,34,35,36)(H,37,38,39)(H,40,41,42)/b27-26+,28-25+. The van der Waals surface area contributed by atoms with E-state index >= 15 is 0 Å². The molecule has 0 aliphatic carbocycles. The van der Waals surface area contributed by atoms with Crippen molar-refractivity contribution in [1.82, 2.24) is 0 Å². The van der Waals surface area contributed by atoms with Crippen LogP contribution in [0.2, 0.25) is 0 Å². The van der Waals surface area contributed by atoms with Gasteiger partial charge in [0.1, 0.15) is 26.9 Å². The maximum Gasteiger partial charge on any atom is 0.397 e. The number of azo groups is 2. The smallest absolute Gasteiger partial charge is 0.396 e. The molecule has 0 radical (unpaired) electrons. The van der Waals surface area contributed by atoms with Crippen LogP contribution in [0.1, 0.15) is 0 Å². The van der Waals surface area contributed by atoms with E-state index in [-0.39, 0.29) is 22.9 Å². The van der Waals surface area contributed by atoms with Crippen molar-refractivity contribution in [2.75, 3.05) is 36.2 Å². The summed E-state index contributed by atoms with van der Waals surface area (Å²) in [6.45, 7) is -1.42. The van der Waals surface area contributed by atoms with Crippen molar-refractivity contribution in [1.29, 1.82) is 0 Å². The Morgan fingerprint density at radius 3 is 1.77 bits per heavy atom. The largest absolute Gasteiger partial charge is 0.397 e. The van der Waals surface area contributed by atoms with Crippen molar-refractivity contribution < 1.29 is 78.7 Å². The first-order chi connectivity index (χ1) is 24.0. The fraction of sp³-hybridized carbons (Fsp3) is 0.182. The third-order valence-electron chi connectivity index (χ3n) is 6.02. The molecule has 286 valence electrons. The summed E-state index contributed by atoms with van der Waals surface area (Å²) in [5.41, 5.74) is 8.67. The molecule has 3 aromatic carbocycles. The first kappa shape index (κ1) is 42.7. The molecule has 0 saturated carbocycles. The van der Waals surface area contributed by atoms with E-state index in [1.54, 1.807) is 0 Å². The van der Waals surface area contributed by atoms with Gasteiger partial charge in [-0.1, -0.05) is 5.04 Å². The number of anilines is 2. The Balaban J connectivity index is 2.00. The zero-order chi connectivity index (χ0) is 39.1. The van der Waals surface area contributed by atoms with Crippen molar-refractivity contribution in [2.45, 2.75) is 19.6 Å². The van der Waals surface area contributed by atoms with Crippen molar-refractivity contribution in [3.05, 3.63) is 48.5 Å². The van der Waals surface area contributed by atoms with E-state index in [1.165, 1.54) is 0 Å². The number of sulfone groups is 2. The minimum Gasteiger partial charge on any atom is -0.396 e. The van der Waals surface area contributed by atoms with Gasteiger partial charge in [0.05, 0.1) is 51.6 Å². The van der Waals surface area contributed by atoms with E-state index in [0.717, 1.165) is 36.4 Å². The Morgan fingerprint density at radius 1 is 0.635 bits per heavy atom. The average Bonchev–Trinajstić information content (AvgIpc) is 3.02. The predicted octanol–water partition coefficient (Wildman–Crippen LogP) is 2.54. The van der Waals surface area contributed by atoms with Crippen molar-refractivity contribution in [3.8, 4) is 0 Å². The molecule has 0 amide bonds. The maximum absolute atomic E-state index is 12.6. The van der Waals surface area contributed by atoms with E-state index in [2.05, 4.69) is 38.2 Å². The van der Waals surface area contributed by atoms with Gasteiger partial charge in [-0.3, -0.25) is 17.8 Å². The predicted molar refractivity (Wildman–Crippen MR) is 176 cm³/mol. The van der Waals surface area contributed by atoms with Crippen LogP contribution >= 0.6 is 12.3 Å². The molecule has 0 aliphatic rings. The van der Waals surface area contributed by atoms with Crippen LogP contribution in [-0.4, -0.2) is 85.7 Å². The van der Waals surface area contributed by atoms with Gasteiger partial charge in [0.15, 0.2) is 32.0 Å². The van der Waals surface area contributed by atoms with E-state index in [9.17, 15) is 51.2 Å². The summed E-state index contributed by atoms with van der Waals surface area (Å²) in [4.78, 5) is -3.01. The normalized spacial score (nSPS) is 13.3. The lowest BCUT2D eigenvalue weighted by molar-refractivity contribution is -0.434. The molecule has 0 fully saturated rings. The fourth-order valence-electron chi connectivity index (χ4n) is 3.67. The second-order valence-corrected chi connectivity index (χ2v) is 18.1. The summed E-state index contributed by atoms with van der Waals surface area (Å²) in [5, 5.41) is 26.2. The Labute approximate surface area is 299 Å². The molecular weight excluding hydrogens is 829 g/mol. The van der Waals surface area contributed by atoms with Crippen molar-refractivity contribution >= 4 is 96.8 Å².